The highest BCUT2D eigenvalue weighted by atomic mass is 32.1. The van der Waals surface area contributed by atoms with E-state index in [1.165, 1.54) is 47.7 Å². The second kappa shape index (κ2) is 12.6. The Morgan fingerprint density at radius 1 is 0.404 bits per heavy atom. The van der Waals surface area contributed by atoms with E-state index in [2.05, 4.69) is 120 Å². The summed E-state index contributed by atoms with van der Waals surface area (Å²) >= 11 is 1.84. The molecule has 0 unspecified atom stereocenters. The van der Waals surface area contributed by atoms with Gasteiger partial charge in [0.25, 0.3) is 0 Å². The fourth-order valence-corrected chi connectivity index (χ4v) is 9.59. The van der Waals surface area contributed by atoms with E-state index in [0.717, 1.165) is 49.8 Å². The molecule has 0 bridgehead atoms. The van der Waals surface area contributed by atoms with Crippen LogP contribution in [-0.4, -0.2) is 19.5 Å². The highest BCUT2D eigenvalue weighted by Crippen LogP contribution is 2.43. The summed E-state index contributed by atoms with van der Waals surface area (Å²) < 4.78 is 11.7. The molecule has 0 atom stereocenters. The van der Waals surface area contributed by atoms with Gasteiger partial charge >= 0.3 is 0 Å². The molecule has 0 N–H and O–H groups in total. The number of furan rings is 1. The molecule has 0 fully saturated rings. The zero-order valence-corrected chi connectivity index (χ0v) is 31.2. The van der Waals surface area contributed by atoms with E-state index in [1.807, 2.05) is 78.1 Å². The van der Waals surface area contributed by atoms with Gasteiger partial charge in [-0.1, -0.05) is 133 Å². The van der Waals surface area contributed by atoms with Crippen molar-refractivity contribution in [3.63, 3.8) is 0 Å². The molecule has 4 heterocycles. The first-order valence-electron chi connectivity index (χ1n) is 19.0. The molecule has 6 heteroatoms. The van der Waals surface area contributed by atoms with Gasteiger partial charge in [0, 0.05) is 58.5 Å². The van der Waals surface area contributed by atoms with Crippen molar-refractivity contribution < 1.29 is 4.42 Å². The van der Waals surface area contributed by atoms with Crippen molar-refractivity contribution in [2.45, 2.75) is 0 Å². The zero-order chi connectivity index (χ0) is 37.5. The summed E-state index contributed by atoms with van der Waals surface area (Å²) in [5.74, 6) is 1.80. The highest BCUT2D eigenvalue weighted by Gasteiger charge is 2.20. The van der Waals surface area contributed by atoms with Crippen molar-refractivity contribution in [3.8, 4) is 51.0 Å². The molecule has 0 spiro atoms. The molecule has 4 aromatic heterocycles. The van der Waals surface area contributed by atoms with Crippen LogP contribution in [0.25, 0.3) is 115 Å². The fourth-order valence-electron chi connectivity index (χ4n) is 8.47. The lowest BCUT2D eigenvalue weighted by atomic mass is 9.97. The minimum atomic E-state index is 0.570. The summed E-state index contributed by atoms with van der Waals surface area (Å²) in [7, 11) is 0. The number of para-hydroxylation sites is 3. The van der Waals surface area contributed by atoms with Crippen LogP contribution in [0.5, 0.6) is 0 Å². The SMILES string of the molecule is c1ccc(-c2nc(-c3ccccc3)nc(-c3cccc4c3oc3cccc(-c5ccc6sc7cc(-n8c9ccccc9c9ccccc98)ccc7c6c5)c34)n2)cc1. The average molecular weight is 747 g/mol. The first-order valence-corrected chi connectivity index (χ1v) is 19.8. The van der Waals surface area contributed by atoms with Gasteiger partial charge in [-0.25, -0.2) is 15.0 Å². The van der Waals surface area contributed by atoms with Gasteiger partial charge in [0.1, 0.15) is 11.2 Å². The standard InChI is InChI=1S/C51H30N4OS/c1-3-13-31(14-4-1)49-52-50(32-15-5-2-6-16-32)54-51(53-49)40-21-11-20-39-47-35(19-12-24-44(47)56-48(39)40)33-25-28-45-41(29-33)38-27-26-34(30-46(38)57-45)55-42-22-9-7-17-36(42)37-18-8-10-23-43(37)55/h1-30H. The molecular formula is C51H30N4OS. The summed E-state index contributed by atoms with van der Waals surface area (Å²) in [5.41, 5.74) is 10.1. The molecule has 12 aromatic rings. The van der Waals surface area contributed by atoms with Crippen LogP contribution in [0.3, 0.4) is 0 Å². The Hall–Kier alpha value is -7.41. The molecule has 266 valence electrons. The summed E-state index contributed by atoms with van der Waals surface area (Å²) in [4.78, 5) is 15.0. The van der Waals surface area contributed by atoms with Crippen LogP contribution < -0.4 is 0 Å². The van der Waals surface area contributed by atoms with Crippen LogP contribution in [0.2, 0.25) is 0 Å². The minimum absolute atomic E-state index is 0.570. The van der Waals surface area contributed by atoms with Crippen molar-refractivity contribution in [2.24, 2.45) is 0 Å². The molecule has 0 aliphatic heterocycles. The molecule has 0 aliphatic carbocycles. The van der Waals surface area contributed by atoms with Crippen molar-refractivity contribution >= 4 is 75.3 Å². The number of fused-ring (bicyclic) bond motifs is 9. The second-order valence-electron chi connectivity index (χ2n) is 14.4. The maximum atomic E-state index is 6.74. The maximum absolute atomic E-state index is 6.74. The van der Waals surface area contributed by atoms with Crippen molar-refractivity contribution in [3.05, 3.63) is 182 Å². The molecule has 0 saturated carbocycles. The molecule has 12 rings (SSSR count). The third-order valence-electron chi connectivity index (χ3n) is 11.1. The highest BCUT2D eigenvalue weighted by molar-refractivity contribution is 7.25. The van der Waals surface area contributed by atoms with Crippen LogP contribution in [0.4, 0.5) is 0 Å². The van der Waals surface area contributed by atoms with E-state index in [-0.39, 0.29) is 0 Å². The average Bonchev–Trinajstić information content (AvgIpc) is 3.96. The summed E-state index contributed by atoms with van der Waals surface area (Å²) in [6.07, 6.45) is 0. The number of benzene rings is 8. The van der Waals surface area contributed by atoms with Crippen LogP contribution in [0.1, 0.15) is 0 Å². The Kier molecular flexibility index (Phi) is 7.03. The Morgan fingerprint density at radius 3 is 1.74 bits per heavy atom. The Morgan fingerprint density at radius 2 is 1.02 bits per heavy atom. The molecule has 8 aromatic carbocycles. The third-order valence-corrected chi connectivity index (χ3v) is 12.2. The van der Waals surface area contributed by atoms with Crippen molar-refractivity contribution in [1.82, 2.24) is 19.5 Å². The predicted octanol–water partition coefficient (Wildman–Crippen LogP) is 13.9. The van der Waals surface area contributed by atoms with E-state index in [0.29, 0.717) is 17.5 Å². The lowest BCUT2D eigenvalue weighted by molar-refractivity contribution is 0.669. The van der Waals surface area contributed by atoms with E-state index < -0.39 is 0 Å². The lowest BCUT2D eigenvalue weighted by Crippen LogP contribution is -2.00. The summed E-state index contributed by atoms with van der Waals surface area (Å²) in [6, 6.07) is 63.8. The lowest BCUT2D eigenvalue weighted by Gasteiger charge is -2.09. The number of hydrogen-bond donors (Lipinski definition) is 0. The van der Waals surface area contributed by atoms with Gasteiger partial charge in [0.15, 0.2) is 17.5 Å². The van der Waals surface area contributed by atoms with Gasteiger partial charge in [-0.15, -0.1) is 11.3 Å². The van der Waals surface area contributed by atoms with Gasteiger partial charge in [-0.2, -0.15) is 0 Å². The topological polar surface area (TPSA) is 56.7 Å². The van der Waals surface area contributed by atoms with E-state index >= 15 is 0 Å². The molecule has 57 heavy (non-hydrogen) atoms. The molecule has 5 nitrogen and oxygen atoms in total. The second-order valence-corrected chi connectivity index (χ2v) is 15.4. The molecular weight excluding hydrogens is 717 g/mol. The van der Waals surface area contributed by atoms with Gasteiger partial charge in [0.05, 0.1) is 16.6 Å². The smallest absolute Gasteiger partial charge is 0.167 e. The van der Waals surface area contributed by atoms with Crippen LogP contribution in [-0.2, 0) is 0 Å². The fraction of sp³-hybridized carbons (Fsp3) is 0. The van der Waals surface area contributed by atoms with Crippen LogP contribution in [0, 0.1) is 0 Å². The van der Waals surface area contributed by atoms with E-state index in [9.17, 15) is 0 Å². The Labute approximate surface area is 330 Å². The predicted molar refractivity (Wildman–Crippen MR) is 236 cm³/mol. The molecule has 0 saturated heterocycles. The number of rotatable bonds is 5. The zero-order valence-electron chi connectivity index (χ0n) is 30.4. The number of nitrogens with zero attached hydrogens (tertiary/aromatic N) is 4. The number of thiophene rings is 1. The minimum Gasteiger partial charge on any atom is -0.455 e. The molecule has 0 amide bonds. The summed E-state index contributed by atoms with van der Waals surface area (Å²) in [6.45, 7) is 0. The molecule has 0 aliphatic rings. The normalized spacial score (nSPS) is 11.9. The van der Waals surface area contributed by atoms with Crippen molar-refractivity contribution in [2.75, 3.05) is 0 Å². The number of aromatic nitrogens is 4. The van der Waals surface area contributed by atoms with Gasteiger partial charge < -0.3 is 8.98 Å². The van der Waals surface area contributed by atoms with E-state index in [4.69, 9.17) is 19.4 Å². The van der Waals surface area contributed by atoms with Crippen molar-refractivity contribution in [1.29, 1.82) is 0 Å². The Bertz CT molecular complexity index is 3420. The van der Waals surface area contributed by atoms with Gasteiger partial charge in [0.2, 0.25) is 0 Å². The maximum Gasteiger partial charge on any atom is 0.167 e. The van der Waals surface area contributed by atoms with Crippen LogP contribution >= 0.6 is 11.3 Å². The first-order chi connectivity index (χ1) is 28.2. The first kappa shape index (κ1) is 31.9. The van der Waals surface area contributed by atoms with E-state index in [1.54, 1.807) is 0 Å². The monoisotopic (exact) mass is 746 g/mol. The third kappa shape index (κ3) is 5.04. The summed E-state index contributed by atoms with van der Waals surface area (Å²) in [5, 5.41) is 7.13. The quantitative estimate of drug-likeness (QED) is 0.176. The van der Waals surface area contributed by atoms with Gasteiger partial charge in [-0.3, -0.25) is 0 Å². The molecule has 0 radical (unpaired) electrons. The van der Waals surface area contributed by atoms with Crippen LogP contribution in [0.15, 0.2) is 186 Å². The largest absolute Gasteiger partial charge is 0.455 e. The Balaban J connectivity index is 1.00. The van der Waals surface area contributed by atoms with Gasteiger partial charge in [-0.05, 0) is 59.7 Å². The number of hydrogen-bond acceptors (Lipinski definition) is 5.